The van der Waals surface area contributed by atoms with Crippen molar-refractivity contribution >= 4 is 11.9 Å². The predicted molar refractivity (Wildman–Crippen MR) is 126 cm³/mol. The van der Waals surface area contributed by atoms with Gasteiger partial charge in [-0.2, -0.15) is 0 Å². The summed E-state index contributed by atoms with van der Waals surface area (Å²) in [5, 5.41) is 10.7. The third-order valence-electron chi connectivity index (χ3n) is 5.61. The molecule has 8 nitrogen and oxygen atoms in total. The number of rotatable bonds is 9. The fraction of sp³-hybridized carbons (Fsp3) is 0.917. The highest BCUT2D eigenvalue weighted by molar-refractivity contribution is 5.69. The SMILES string of the molecule is CC1(C)CN(OC(=O)CCCCCCC(=O)ON2CC(C)(C)NC(C)(C)C2)CC(C)(C)N1. The highest BCUT2D eigenvalue weighted by Gasteiger charge is 2.39. The van der Waals surface area contributed by atoms with Crippen molar-refractivity contribution in [2.24, 2.45) is 0 Å². The van der Waals surface area contributed by atoms with E-state index < -0.39 is 0 Å². The van der Waals surface area contributed by atoms with Crippen LogP contribution >= 0.6 is 0 Å². The van der Waals surface area contributed by atoms with Gasteiger partial charge in [-0.15, -0.1) is 10.1 Å². The molecule has 0 bridgehead atoms. The van der Waals surface area contributed by atoms with Crippen LogP contribution in [0.4, 0.5) is 0 Å². The number of nitrogens with zero attached hydrogens (tertiary/aromatic N) is 2. The molecule has 0 saturated carbocycles. The molecule has 0 unspecified atom stereocenters. The van der Waals surface area contributed by atoms with Crippen molar-refractivity contribution in [2.45, 2.75) is 116 Å². The normalized spacial score (nSPS) is 24.6. The molecule has 0 atom stereocenters. The number of hydrogen-bond donors (Lipinski definition) is 2. The van der Waals surface area contributed by atoms with Gasteiger partial charge in [0.2, 0.25) is 0 Å². The van der Waals surface area contributed by atoms with Crippen molar-refractivity contribution in [1.82, 2.24) is 20.8 Å². The largest absolute Gasteiger partial charge is 0.368 e. The van der Waals surface area contributed by atoms with Gasteiger partial charge in [-0.3, -0.25) is 9.59 Å². The summed E-state index contributed by atoms with van der Waals surface area (Å²) in [5.74, 6) is -0.358. The van der Waals surface area contributed by atoms with Gasteiger partial charge in [0.1, 0.15) is 0 Å². The fourth-order valence-electron chi connectivity index (χ4n) is 5.27. The molecular weight excluding hydrogens is 408 g/mol. The van der Waals surface area contributed by atoms with Crippen LogP contribution in [-0.4, -0.2) is 70.4 Å². The maximum atomic E-state index is 12.2. The summed E-state index contributed by atoms with van der Waals surface area (Å²) in [6, 6.07) is 0. The van der Waals surface area contributed by atoms with E-state index in [4.69, 9.17) is 9.68 Å². The zero-order valence-electron chi connectivity index (χ0n) is 21.6. The Morgan fingerprint density at radius 3 is 1.16 bits per heavy atom. The van der Waals surface area contributed by atoms with E-state index in [2.05, 4.69) is 66.0 Å². The molecule has 2 fully saturated rings. The van der Waals surface area contributed by atoms with Crippen molar-refractivity contribution in [3.05, 3.63) is 0 Å². The van der Waals surface area contributed by atoms with Crippen LogP contribution in [0.3, 0.4) is 0 Å². The number of hydrogen-bond acceptors (Lipinski definition) is 8. The van der Waals surface area contributed by atoms with E-state index in [9.17, 15) is 9.59 Å². The first-order valence-corrected chi connectivity index (χ1v) is 12.1. The van der Waals surface area contributed by atoms with Crippen molar-refractivity contribution < 1.29 is 19.3 Å². The van der Waals surface area contributed by atoms with Crippen LogP contribution in [0.25, 0.3) is 0 Å². The molecule has 2 rings (SSSR count). The van der Waals surface area contributed by atoms with E-state index >= 15 is 0 Å². The minimum absolute atomic E-state index is 0.104. The van der Waals surface area contributed by atoms with Crippen LogP contribution in [-0.2, 0) is 19.3 Å². The fourth-order valence-corrected chi connectivity index (χ4v) is 5.27. The molecule has 2 aliphatic rings. The van der Waals surface area contributed by atoms with Gasteiger partial charge < -0.3 is 20.3 Å². The summed E-state index contributed by atoms with van der Waals surface area (Å²) in [5.41, 5.74) is -0.417. The Kier molecular flexibility index (Phi) is 8.76. The molecular formula is C24H46N4O4. The molecule has 186 valence electrons. The second-order valence-electron chi connectivity index (χ2n) is 12.2. The molecule has 0 amide bonds. The van der Waals surface area contributed by atoms with Crippen LogP contribution in [0, 0.1) is 0 Å². The zero-order valence-corrected chi connectivity index (χ0v) is 21.6. The third-order valence-corrected chi connectivity index (χ3v) is 5.61. The first kappa shape index (κ1) is 27.0. The van der Waals surface area contributed by atoms with Crippen LogP contribution in [0.1, 0.15) is 93.9 Å². The highest BCUT2D eigenvalue weighted by atomic mass is 16.7. The van der Waals surface area contributed by atoms with Crippen molar-refractivity contribution in [3.63, 3.8) is 0 Å². The standard InChI is InChI=1S/C24H46N4O4/c1-21(2)15-27(16-22(3,4)25-21)31-19(29)13-11-9-10-12-14-20(30)32-28-17-23(5,6)26-24(7,8)18-28/h25-26H,9-18H2,1-8H3. The summed E-state index contributed by atoms with van der Waals surface area (Å²) in [4.78, 5) is 35.7. The maximum absolute atomic E-state index is 12.2. The molecule has 2 aliphatic heterocycles. The van der Waals surface area contributed by atoms with Crippen LogP contribution in [0.5, 0.6) is 0 Å². The number of nitrogens with one attached hydrogen (secondary N) is 2. The molecule has 2 N–H and O–H groups in total. The van der Waals surface area contributed by atoms with E-state index in [1.165, 1.54) is 0 Å². The minimum atomic E-state index is -0.179. The second kappa shape index (κ2) is 10.4. The van der Waals surface area contributed by atoms with Gasteiger partial charge >= 0.3 is 11.9 Å². The number of hydroxylamine groups is 4. The molecule has 0 aromatic carbocycles. The Hall–Kier alpha value is -1.22. The van der Waals surface area contributed by atoms with Gasteiger partial charge in [-0.05, 0) is 68.2 Å². The van der Waals surface area contributed by atoms with Gasteiger partial charge in [-0.25, -0.2) is 0 Å². The van der Waals surface area contributed by atoms with Crippen molar-refractivity contribution in [1.29, 1.82) is 0 Å². The van der Waals surface area contributed by atoms with Gasteiger partial charge in [0.15, 0.2) is 0 Å². The lowest BCUT2D eigenvalue weighted by atomic mass is 9.93. The monoisotopic (exact) mass is 454 g/mol. The average molecular weight is 455 g/mol. The Morgan fingerprint density at radius 1 is 0.594 bits per heavy atom. The van der Waals surface area contributed by atoms with Gasteiger partial charge in [0.05, 0.1) is 26.2 Å². The first-order valence-electron chi connectivity index (χ1n) is 12.1. The molecule has 2 saturated heterocycles. The smallest absolute Gasteiger partial charge is 0.325 e. The van der Waals surface area contributed by atoms with Crippen molar-refractivity contribution in [2.75, 3.05) is 26.2 Å². The Morgan fingerprint density at radius 2 is 0.875 bits per heavy atom. The Balaban J connectivity index is 1.58. The lowest BCUT2D eigenvalue weighted by Crippen LogP contribution is -2.66. The highest BCUT2D eigenvalue weighted by Crippen LogP contribution is 2.22. The molecule has 2 heterocycles. The summed E-state index contributed by atoms with van der Waals surface area (Å²) < 4.78 is 0. The topological polar surface area (TPSA) is 83.1 Å². The summed E-state index contributed by atoms with van der Waals surface area (Å²) in [6.07, 6.45) is 4.14. The molecule has 0 aromatic rings. The number of piperazine rings is 2. The van der Waals surface area contributed by atoms with Crippen molar-refractivity contribution in [3.8, 4) is 0 Å². The minimum Gasteiger partial charge on any atom is -0.368 e. The number of carbonyl (C=O) groups is 2. The summed E-state index contributed by atoms with van der Waals surface area (Å²) in [7, 11) is 0. The molecule has 0 aromatic heterocycles. The van der Waals surface area contributed by atoms with E-state index in [1.807, 2.05) is 0 Å². The molecule has 32 heavy (non-hydrogen) atoms. The molecule has 0 spiro atoms. The van der Waals surface area contributed by atoms with Gasteiger partial charge in [0, 0.05) is 35.0 Å². The number of carbonyl (C=O) groups excluding carboxylic acids is 2. The molecule has 0 aliphatic carbocycles. The lowest BCUT2D eigenvalue weighted by molar-refractivity contribution is -0.208. The Labute approximate surface area is 194 Å². The quantitative estimate of drug-likeness (QED) is 0.514. The van der Waals surface area contributed by atoms with Gasteiger partial charge in [0.25, 0.3) is 0 Å². The van der Waals surface area contributed by atoms with E-state index in [0.29, 0.717) is 39.0 Å². The predicted octanol–water partition coefficient (Wildman–Crippen LogP) is 3.17. The average Bonchev–Trinajstić information content (AvgIpc) is 2.51. The third kappa shape index (κ3) is 9.73. The van der Waals surface area contributed by atoms with Gasteiger partial charge in [-0.1, -0.05) is 12.8 Å². The first-order chi connectivity index (χ1) is 14.6. The second-order valence-corrected chi connectivity index (χ2v) is 12.2. The van der Waals surface area contributed by atoms with Crippen LogP contribution in [0.2, 0.25) is 0 Å². The van der Waals surface area contributed by atoms with Crippen LogP contribution < -0.4 is 10.6 Å². The van der Waals surface area contributed by atoms with E-state index in [-0.39, 0.29) is 34.1 Å². The zero-order chi connectivity index (χ0) is 24.2. The summed E-state index contributed by atoms with van der Waals surface area (Å²) >= 11 is 0. The Bertz CT molecular complexity index is 572. The summed E-state index contributed by atoms with van der Waals surface area (Å²) in [6.45, 7) is 19.6. The molecule has 8 heteroatoms. The van der Waals surface area contributed by atoms with Crippen LogP contribution in [0.15, 0.2) is 0 Å². The number of unbranched alkanes of at least 4 members (excludes halogenated alkanes) is 3. The lowest BCUT2D eigenvalue weighted by Gasteiger charge is -2.46. The van der Waals surface area contributed by atoms with E-state index in [1.54, 1.807) is 10.1 Å². The molecule has 0 radical (unpaired) electrons. The van der Waals surface area contributed by atoms with E-state index in [0.717, 1.165) is 25.7 Å². The maximum Gasteiger partial charge on any atom is 0.325 e.